The molecule has 5 heteroatoms. The van der Waals surface area contributed by atoms with Crippen LogP contribution in [-0.2, 0) is 22.5 Å². The lowest BCUT2D eigenvalue weighted by atomic mass is 9.96. The number of rotatable bonds is 3. The molecule has 1 unspecified atom stereocenters. The summed E-state index contributed by atoms with van der Waals surface area (Å²) in [6.07, 6.45) is 4.40. The van der Waals surface area contributed by atoms with E-state index in [1.165, 1.54) is 0 Å². The minimum Gasteiger partial charge on any atom is -0.508 e. The number of benzene rings is 1. The van der Waals surface area contributed by atoms with Gasteiger partial charge in [-0.3, -0.25) is 4.79 Å². The summed E-state index contributed by atoms with van der Waals surface area (Å²) in [5.74, 6) is 1.65. The number of ether oxygens (including phenoxy) is 2. The molecule has 0 radical (unpaired) electrons. The SMILES string of the molecule is COC1=CC=C(C(=O)N2CCc3cc(O)cc(OC)c3C2)C1C. The highest BCUT2D eigenvalue weighted by Gasteiger charge is 2.31. The number of allylic oxidation sites excluding steroid dienone is 3. The highest BCUT2D eigenvalue weighted by Crippen LogP contribution is 2.34. The van der Waals surface area contributed by atoms with Crippen molar-refractivity contribution in [2.75, 3.05) is 20.8 Å². The summed E-state index contributed by atoms with van der Waals surface area (Å²) < 4.78 is 10.6. The van der Waals surface area contributed by atoms with Crippen molar-refractivity contribution in [3.8, 4) is 11.5 Å². The Balaban J connectivity index is 1.82. The molecular formula is C18H21NO4. The van der Waals surface area contributed by atoms with Crippen LogP contribution in [0.2, 0.25) is 0 Å². The van der Waals surface area contributed by atoms with Crippen molar-refractivity contribution >= 4 is 5.91 Å². The van der Waals surface area contributed by atoms with Crippen LogP contribution in [0.15, 0.2) is 35.6 Å². The molecule has 1 aliphatic carbocycles. The molecule has 1 aromatic rings. The number of phenols is 1. The Hall–Kier alpha value is -2.43. The summed E-state index contributed by atoms with van der Waals surface area (Å²) in [6, 6.07) is 3.34. The summed E-state index contributed by atoms with van der Waals surface area (Å²) in [6.45, 7) is 3.09. The fraction of sp³-hybridized carbons (Fsp3) is 0.389. The van der Waals surface area contributed by atoms with Gasteiger partial charge >= 0.3 is 0 Å². The fourth-order valence-electron chi connectivity index (χ4n) is 3.27. The molecule has 0 saturated heterocycles. The molecule has 2 aliphatic rings. The van der Waals surface area contributed by atoms with E-state index < -0.39 is 0 Å². The third-order valence-corrected chi connectivity index (χ3v) is 4.60. The standard InChI is InChI=1S/C18H21NO4/c1-11-14(4-5-16(11)22-2)18(21)19-7-6-12-8-13(20)9-17(23-3)15(12)10-19/h4-5,8-9,11,20H,6-7,10H2,1-3H3. The zero-order valence-electron chi connectivity index (χ0n) is 13.6. The first-order valence-corrected chi connectivity index (χ1v) is 7.69. The van der Waals surface area contributed by atoms with Crippen LogP contribution in [0.25, 0.3) is 0 Å². The molecule has 0 bridgehead atoms. The van der Waals surface area contributed by atoms with E-state index in [1.807, 2.05) is 24.0 Å². The molecule has 23 heavy (non-hydrogen) atoms. The molecule has 122 valence electrons. The quantitative estimate of drug-likeness (QED) is 0.930. The highest BCUT2D eigenvalue weighted by molar-refractivity contribution is 5.95. The molecule has 1 amide bonds. The average molecular weight is 315 g/mol. The number of carbonyl (C=O) groups excluding carboxylic acids is 1. The molecule has 0 fully saturated rings. The van der Waals surface area contributed by atoms with Crippen LogP contribution in [0.3, 0.4) is 0 Å². The van der Waals surface area contributed by atoms with Crippen LogP contribution in [0.5, 0.6) is 11.5 Å². The number of hydrogen-bond donors (Lipinski definition) is 1. The number of hydrogen-bond acceptors (Lipinski definition) is 4. The Labute approximate surface area is 135 Å². The number of phenolic OH excluding ortho intramolecular Hbond substituents is 1. The lowest BCUT2D eigenvalue weighted by Crippen LogP contribution is -2.38. The lowest BCUT2D eigenvalue weighted by molar-refractivity contribution is -0.128. The summed E-state index contributed by atoms with van der Waals surface area (Å²) in [5.41, 5.74) is 2.76. The maximum Gasteiger partial charge on any atom is 0.250 e. The first kappa shape index (κ1) is 15.5. The lowest BCUT2D eigenvalue weighted by Gasteiger charge is -2.31. The number of fused-ring (bicyclic) bond motifs is 1. The molecule has 1 N–H and O–H groups in total. The predicted octanol–water partition coefficient (Wildman–Crippen LogP) is 2.39. The van der Waals surface area contributed by atoms with Gasteiger partial charge in [-0.25, -0.2) is 0 Å². The second-order valence-corrected chi connectivity index (χ2v) is 5.88. The van der Waals surface area contributed by atoms with Crippen molar-refractivity contribution in [2.24, 2.45) is 5.92 Å². The van der Waals surface area contributed by atoms with Gasteiger partial charge in [-0.2, -0.15) is 0 Å². The van der Waals surface area contributed by atoms with Crippen LogP contribution in [0.1, 0.15) is 18.1 Å². The largest absolute Gasteiger partial charge is 0.508 e. The zero-order chi connectivity index (χ0) is 16.6. The van der Waals surface area contributed by atoms with Gasteiger partial charge in [-0.15, -0.1) is 0 Å². The van der Waals surface area contributed by atoms with Gasteiger partial charge in [0.25, 0.3) is 5.91 Å². The fourth-order valence-corrected chi connectivity index (χ4v) is 3.27. The van der Waals surface area contributed by atoms with Gasteiger partial charge in [0.05, 0.1) is 14.2 Å². The van der Waals surface area contributed by atoms with E-state index in [1.54, 1.807) is 26.4 Å². The Morgan fingerprint density at radius 3 is 2.70 bits per heavy atom. The van der Waals surface area contributed by atoms with Gasteiger partial charge in [0, 0.05) is 36.2 Å². The molecule has 1 aliphatic heterocycles. The van der Waals surface area contributed by atoms with E-state index in [0.29, 0.717) is 25.3 Å². The van der Waals surface area contributed by atoms with E-state index >= 15 is 0 Å². The first-order valence-electron chi connectivity index (χ1n) is 7.69. The van der Waals surface area contributed by atoms with Crippen LogP contribution in [0, 0.1) is 5.92 Å². The van der Waals surface area contributed by atoms with Crippen molar-refractivity contribution in [3.63, 3.8) is 0 Å². The van der Waals surface area contributed by atoms with Crippen LogP contribution in [0.4, 0.5) is 0 Å². The van der Waals surface area contributed by atoms with Gasteiger partial charge in [-0.05, 0) is 30.2 Å². The number of carbonyl (C=O) groups is 1. The minimum atomic E-state index is -0.0180. The molecule has 1 heterocycles. The van der Waals surface area contributed by atoms with E-state index in [2.05, 4.69) is 0 Å². The Bertz CT molecular complexity index is 688. The maximum absolute atomic E-state index is 12.8. The number of methoxy groups -OCH3 is 2. The minimum absolute atomic E-state index is 0.0180. The maximum atomic E-state index is 12.8. The van der Waals surface area contributed by atoms with Crippen molar-refractivity contribution < 1.29 is 19.4 Å². The molecule has 0 saturated carbocycles. The Kier molecular flexibility index (Phi) is 4.03. The smallest absolute Gasteiger partial charge is 0.250 e. The van der Waals surface area contributed by atoms with Gasteiger partial charge in [0.15, 0.2) is 0 Å². The first-order chi connectivity index (χ1) is 11.0. The van der Waals surface area contributed by atoms with E-state index in [9.17, 15) is 9.90 Å². The van der Waals surface area contributed by atoms with E-state index in [-0.39, 0.29) is 17.6 Å². The molecule has 5 nitrogen and oxygen atoms in total. The van der Waals surface area contributed by atoms with E-state index in [0.717, 1.165) is 22.5 Å². The monoisotopic (exact) mass is 315 g/mol. The van der Waals surface area contributed by atoms with Gasteiger partial charge in [0.2, 0.25) is 0 Å². The third-order valence-electron chi connectivity index (χ3n) is 4.60. The van der Waals surface area contributed by atoms with Crippen molar-refractivity contribution in [3.05, 3.63) is 46.7 Å². The Morgan fingerprint density at radius 2 is 2.04 bits per heavy atom. The normalized spacial score (nSPS) is 19.8. The third kappa shape index (κ3) is 2.67. The summed E-state index contributed by atoms with van der Waals surface area (Å²) >= 11 is 0. The summed E-state index contributed by atoms with van der Waals surface area (Å²) in [7, 11) is 3.20. The topological polar surface area (TPSA) is 59.0 Å². The number of aromatic hydroxyl groups is 1. The molecule has 0 spiro atoms. The second-order valence-electron chi connectivity index (χ2n) is 5.88. The molecule has 0 aromatic heterocycles. The zero-order valence-corrected chi connectivity index (χ0v) is 13.6. The number of nitrogens with zero attached hydrogens (tertiary/aromatic N) is 1. The van der Waals surface area contributed by atoms with E-state index in [4.69, 9.17) is 9.47 Å². The predicted molar refractivity (Wildman–Crippen MR) is 86.1 cm³/mol. The summed E-state index contributed by atoms with van der Waals surface area (Å²) in [5, 5.41) is 9.75. The van der Waals surface area contributed by atoms with Gasteiger partial charge in [0.1, 0.15) is 17.3 Å². The summed E-state index contributed by atoms with van der Waals surface area (Å²) in [4.78, 5) is 14.7. The van der Waals surface area contributed by atoms with Gasteiger partial charge < -0.3 is 19.5 Å². The van der Waals surface area contributed by atoms with Crippen molar-refractivity contribution in [1.82, 2.24) is 4.90 Å². The molecular weight excluding hydrogens is 294 g/mol. The van der Waals surface area contributed by atoms with Crippen molar-refractivity contribution in [1.29, 1.82) is 0 Å². The molecule has 3 rings (SSSR count). The van der Waals surface area contributed by atoms with Crippen molar-refractivity contribution in [2.45, 2.75) is 19.9 Å². The molecule has 1 aromatic carbocycles. The highest BCUT2D eigenvalue weighted by atomic mass is 16.5. The van der Waals surface area contributed by atoms with Crippen LogP contribution >= 0.6 is 0 Å². The molecule has 1 atom stereocenters. The number of amides is 1. The van der Waals surface area contributed by atoms with Crippen LogP contribution in [-0.4, -0.2) is 36.7 Å². The average Bonchev–Trinajstić information content (AvgIpc) is 2.93. The van der Waals surface area contributed by atoms with Gasteiger partial charge in [-0.1, -0.05) is 6.92 Å². The van der Waals surface area contributed by atoms with Crippen LogP contribution < -0.4 is 4.74 Å². The Morgan fingerprint density at radius 1 is 1.26 bits per heavy atom. The second kappa shape index (κ2) is 5.99.